The van der Waals surface area contributed by atoms with Crippen LogP contribution in [-0.4, -0.2) is 89.5 Å². The van der Waals surface area contributed by atoms with Crippen molar-refractivity contribution < 1.29 is 27.2 Å². The molecule has 2 aliphatic carbocycles. The van der Waals surface area contributed by atoms with E-state index in [0.29, 0.717) is 35.7 Å². The minimum Gasteiger partial charge on any atom is -0.345 e. The lowest BCUT2D eigenvalue weighted by molar-refractivity contribution is -0.121. The van der Waals surface area contributed by atoms with Gasteiger partial charge in [0.15, 0.2) is 11.6 Å². The van der Waals surface area contributed by atoms with E-state index in [9.17, 15) is 27.2 Å². The number of likely N-dealkylation sites (N-methyl/N-ethyl adjacent to an activating group) is 2. The summed E-state index contributed by atoms with van der Waals surface area (Å²) >= 11 is 5.93. The molecule has 4 aliphatic rings. The van der Waals surface area contributed by atoms with Crippen LogP contribution in [0, 0.1) is 23.3 Å². The van der Waals surface area contributed by atoms with Gasteiger partial charge in [-0.3, -0.25) is 14.2 Å². The van der Waals surface area contributed by atoms with Crippen molar-refractivity contribution in [2.45, 2.75) is 89.4 Å². The smallest absolute Gasteiger partial charge is 0.249 e. The zero-order valence-corrected chi connectivity index (χ0v) is 35.8. The number of amides is 2. The quantitative estimate of drug-likeness (QED) is 0.123. The fourth-order valence-corrected chi connectivity index (χ4v) is 8.38. The second-order valence-electron chi connectivity index (χ2n) is 15.7. The number of nitrogens with zero attached hydrogens (tertiary/aromatic N) is 11. The van der Waals surface area contributed by atoms with Crippen molar-refractivity contribution in [2.24, 2.45) is 0 Å². The highest BCUT2D eigenvalue weighted by Crippen LogP contribution is 2.42. The number of imidazole rings is 2. The molecule has 2 saturated carbocycles. The number of nitrogens with one attached hydrogen (secondary N) is 1. The third kappa shape index (κ3) is 8.31. The average molecular weight is 885 g/mol. The molecule has 2 fully saturated rings. The van der Waals surface area contributed by atoms with Gasteiger partial charge in [0.25, 0.3) is 0 Å². The van der Waals surface area contributed by atoms with E-state index in [4.69, 9.17) is 16.6 Å². The molecular formula is C44H45ClF4N12O2. The Morgan fingerprint density at radius 1 is 0.698 bits per heavy atom. The van der Waals surface area contributed by atoms with E-state index in [-0.39, 0.29) is 52.2 Å². The summed E-state index contributed by atoms with van der Waals surface area (Å²) in [4.78, 5) is 61.4. The van der Waals surface area contributed by atoms with Gasteiger partial charge < -0.3 is 24.6 Å². The number of fused-ring (bicyclic) bond motifs is 2. The molecule has 2 aromatic carbocycles. The van der Waals surface area contributed by atoms with Gasteiger partial charge >= 0.3 is 0 Å². The van der Waals surface area contributed by atoms with Crippen molar-refractivity contribution in [3.05, 3.63) is 102 Å². The minimum absolute atomic E-state index is 0.0370. The van der Waals surface area contributed by atoms with E-state index in [0.717, 1.165) is 62.2 Å². The van der Waals surface area contributed by atoms with Crippen LogP contribution in [0.4, 0.5) is 40.6 Å². The summed E-state index contributed by atoms with van der Waals surface area (Å²) in [6.45, 7) is 4.04. The third-order valence-corrected chi connectivity index (χ3v) is 12.2. The van der Waals surface area contributed by atoms with E-state index < -0.39 is 23.3 Å². The van der Waals surface area contributed by atoms with Gasteiger partial charge in [-0.1, -0.05) is 13.8 Å². The number of hydrogen-bond acceptors (Lipinski definition) is 10. The van der Waals surface area contributed by atoms with Gasteiger partial charge in [-0.15, -0.1) is 0 Å². The summed E-state index contributed by atoms with van der Waals surface area (Å²) in [6.07, 6.45) is 17.6. The standard InChI is InChI=1S/C22H22F2N6O.C13H17ClN4O.C9H6F2N2/c1-3-17-21(31)28(2)18-12-26-22(27-20(18)30(17)14-5-4-6-14)29-10-9-25-19(29)15-8-7-13(23)11-16(15)24;1-3-9-12(19)17(2)10-7-15-13(14)16-11(10)18(9)8-5-4-6-8;10-6-1-2-7(8(11)5-6)9-12-3-4-13-9/h7-12,14,17H,3-6H2,1-2H3;7-9H,3-6H2,1-2H3;1-5H,(H,12,13)/t17-;9-;/m11./s1. The Labute approximate surface area is 366 Å². The number of anilines is 4. The number of aromatic amines is 1. The van der Waals surface area contributed by atoms with Crippen LogP contribution in [0.2, 0.25) is 5.28 Å². The van der Waals surface area contributed by atoms with Crippen LogP contribution in [0.3, 0.4) is 0 Å². The molecule has 10 rings (SSSR count). The van der Waals surface area contributed by atoms with Crippen molar-refractivity contribution in [1.29, 1.82) is 0 Å². The van der Waals surface area contributed by atoms with Crippen molar-refractivity contribution in [1.82, 2.24) is 39.5 Å². The summed E-state index contributed by atoms with van der Waals surface area (Å²) in [7, 11) is 3.51. The van der Waals surface area contributed by atoms with E-state index in [1.807, 2.05) is 13.8 Å². The van der Waals surface area contributed by atoms with Crippen LogP contribution in [-0.2, 0) is 9.59 Å². The normalized spacial score (nSPS) is 18.4. The van der Waals surface area contributed by atoms with Gasteiger partial charge in [-0.25, -0.2) is 37.5 Å². The van der Waals surface area contributed by atoms with Gasteiger partial charge in [0.2, 0.25) is 23.0 Å². The first kappa shape index (κ1) is 43.2. The Kier molecular flexibility index (Phi) is 12.4. The van der Waals surface area contributed by atoms with Gasteiger partial charge in [-0.05, 0) is 87.2 Å². The van der Waals surface area contributed by atoms with Crippen LogP contribution in [0.5, 0.6) is 0 Å². The molecule has 4 aromatic heterocycles. The van der Waals surface area contributed by atoms with Crippen molar-refractivity contribution in [3.63, 3.8) is 0 Å². The van der Waals surface area contributed by atoms with Crippen LogP contribution < -0.4 is 19.6 Å². The highest BCUT2D eigenvalue weighted by molar-refractivity contribution is 6.28. The number of rotatable bonds is 7. The molecule has 0 spiro atoms. The number of carbonyl (C=O) groups excluding carboxylic acids is 2. The summed E-state index contributed by atoms with van der Waals surface area (Å²) in [6, 6.07) is 7.01. The van der Waals surface area contributed by atoms with Crippen molar-refractivity contribution >= 4 is 46.4 Å². The highest BCUT2D eigenvalue weighted by Gasteiger charge is 2.43. The Morgan fingerprint density at radius 2 is 1.24 bits per heavy atom. The van der Waals surface area contributed by atoms with Gasteiger partial charge in [0.1, 0.15) is 58.4 Å². The third-order valence-electron chi connectivity index (χ3n) is 12.0. The Balaban J connectivity index is 0.000000144. The molecule has 2 atom stereocenters. The lowest BCUT2D eigenvalue weighted by atomic mass is 9.88. The predicted molar refractivity (Wildman–Crippen MR) is 231 cm³/mol. The number of benzene rings is 2. The minimum atomic E-state index is -0.710. The van der Waals surface area contributed by atoms with Crippen LogP contribution >= 0.6 is 11.6 Å². The molecule has 6 heterocycles. The van der Waals surface area contributed by atoms with Crippen LogP contribution in [0.25, 0.3) is 28.7 Å². The number of halogens is 5. The Morgan fingerprint density at radius 3 is 1.73 bits per heavy atom. The lowest BCUT2D eigenvalue weighted by Crippen LogP contribution is -2.57. The summed E-state index contributed by atoms with van der Waals surface area (Å²) in [5.41, 5.74) is 1.83. The first-order valence-corrected chi connectivity index (χ1v) is 21.2. The average Bonchev–Trinajstić information content (AvgIpc) is 3.95. The molecule has 6 aromatic rings. The van der Waals surface area contributed by atoms with Gasteiger partial charge in [0.05, 0.1) is 23.5 Å². The molecule has 63 heavy (non-hydrogen) atoms. The number of hydrogen-bond donors (Lipinski definition) is 1. The molecule has 0 radical (unpaired) electrons. The summed E-state index contributed by atoms with van der Waals surface area (Å²) in [5, 5.41) is 0.237. The largest absolute Gasteiger partial charge is 0.345 e. The molecule has 2 aliphatic heterocycles. The first-order chi connectivity index (χ1) is 30.4. The molecule has 0 saturated heterocycles. The van der Waals surface area contributed by atoms with Gasteiger partial charge in [-0.2, -0.15) is 9.97 Å². The molecule has 1 N–H and O–H groups in total. The van der Waals surface area contributed by atoms with Crippen molar-refractivity contribution in [2.75, 3.05) is 33.7 Å². The molecule has 2 amide bonds. The summed E-state index contributed by atoms with van der Waals surface area (Å²) in [5.74, 6) is 0.0816. The van der Waals surface area contributed by atoms with E-state index >= 15 is 0 Å². The Bertz CT molecular complexity index is 2620. The topological polar surface area (TPSA) is 145 Å². The van der Waals surface area contributed by atoms with Crippen molar-refractivity contribution in [3.8, 4) is 28.7 Å². The fourth-order valence-electron chi connectivity index (χ4n) is 8.25. The van der Waals surface area contributed by atoms with E-state index in [2.05, 4.69) is 39.7 Å². The molecule has 0 bridgehead atoms. The zero-order valence-electron chi connectivity index (χ0n) is 35.0. The Hall–Kier alpha value is -6.43. The highest BCUT2D eigenvalue weighted by atomic mass is 35.5. The maximum absolute atomic E-state index is 14.4. The SMILES string of the molecule is CC[C@@H]1C(=O)N(C)c2cnc(-n3ccnc3-c3ccc(F)cc3F)nc2N1C1CCC1.CC[C@@H]1C(=O)N(C)c2cnc(Cl)nc2N1C1CCC1.Fc1ccc(-c2ncc[nH]2)c(F)c1. The zero-order chi connectivity index (χ0) is 44.5. The fraction of sp³-hybridized carbons (Fsp3) is 0.364. The molecule has 19 heteroatoms. The molecular weight excluding hydrogens is 840 g/mol. The van der Waals surface area contributed by atoms with Crippen LogP contribution in [0.1, 0.15) is 65.2 Å². The number of aromatic nitrogens is 8. The van der Waals surface area contributed by atoms with Gasteiger partial charge in [0, 0.05) is 63.1 Å². The number of H-pyrrole nitrogens is 1. The molecule has 14 nitrogen and oxygen atoms in total. The molecule has 328 valence electrons. The second-order valence-corrected chi connectivity index (χ2v) is 16.0. The maximum atomic E-state index is 14.4. The molecule has 0 unspecified atom stereocenters. The monoisotopic (exact) mass is 884 g/mol. The van der Waals surface area contributed by atoms with E-state index in [1.54, 1.807) is 53.2 Å². The maximum Gasteiger partial charge on any atom is 0.249 e. The number of carbonyl (C=O) groups is 2. The van der Waals surface area contributed by atoms with Crippen LogP contribution in [0.15, 0.2) is 73.6 Å². The predicted octanol–water partition coefficient (Wildman–Crippen LogP) is 8.32. The second kappa shape index (κ2) is 18.1. The lowest BCUT2D eigenvalue weighted by Gasteiger charge is -2.47. The first-order valence-electron chi connectivity index (χ1n) is 20.8. The summed E-state index contributed by atoms with van der Waals surface area (Å²) < 4.78 is 55.0. The van der Waals surface area contributed by atoms with E-state index in [1.165, 1.54) is 43.1 Å².